The number of carbonyl (C=O) groups is 1. The van der Waals surface area contributed by atoms with Crippen molar-refractivity contribution >= 4 is 17.3 Å². The lowest BCUT2D eigenvalue weighted by Crippen LogP contribution is -2.10. The first kappa shape index (κ1) is 14.9. The molecule has 0 spiro atoms. The van der Waals surface area contributed by atoms with E-state index in [2.05, 4.69) is 0 Å². The van der Waals surface area contributed by atoms with Gasteiger partial charge < -0.3 is 9.84 Å². The van der Waals surface area contributed by atoms with Crippen LogP contribution in [0, 0.1) is 20.2 Å². The van der Waals surface area contributed by atoms with Gasteiger partial charge in [0, 0.05) is 6.07 Å². The first-order valence-electron chi connectivity index (χ1n) is 5.83. The largest absolute Gasteiger partial charge is 0.504 e. The van der Waals surface area contributed by atoms with E-state index in [1.807, 2.05) is 0 Å². The summed E-state index contributed by atoms with van der Waals surface area (Å²) < 4.78 is 4.78. The number of ether oxygens (including phenoxy) is 1. The van der Waals surface area contributed by atoms with Crippen LogP contribution in [0.4, 0.5) is 11.4 Å². The smallest absolute Gasteiger partial charge is 0.392 e. The highest BCUT2D eigenvalue weighted by Crippen LogP contribution is 2.43. The topological polar surface area (TPSA) is 133 Å². The molecule has 0 aliphatic heterocycles. The van der Waals surface area contributed by atoms with Crippen LogP contribution in [0.2, 0.25) is 0 Å². The Morgan fingerprint density at radius 3 is 2.18 bits per heavy atom. The fourth-order valence-corrected chi connectivity index (χ4v) is 1.70. The van der Waals surface area contributed by atoms with Crippen molar-refractivity contribution in [2.24, 2.45) is 0 Å². The quantitative estimate of drug-likeness (QED) is 0.397. The fraction of sp³-hybridized carbons (Fsp3) is 0. The monoisotopic (exact) mass is 304 g/mol. The predicted molar refractivity (Wildman–Crippen MR) is 72.8 cm³/mol. The molecule has 0 fully saturated rings. The maximum Gasteiger partial charge on any atom is 0.392 e. The second-order valence-electron chi connectivity index (χ2n) is 4.05. The molecule has 0 saturated heterocycles. The van der Waals surface area contributed by atoms with E-state index in [0.717, 1.165) is 12.1 Å². The molecule has 112 valence electrons. The molecule has 0 atom stereocenters. The summed E-state index contributed by atoms with van der Waals surface area (Å²) in [5, 5.41) is 31.5. The summed E-state index contributed by atoms with van der Waals surface area (Å²) in [7, 11) is 0. The summed E-state index contributed by atoms with van der Waals surface area (Å²) >= 11 is 0. The van der Waals surface area contributed by atoms with Gasteiger partial charge in [0.15, 0.2) is 5.75 Å². The van der Waals surface area contributed by atoms with Crippen molar-refractivity contribution in [3.8, 4) is 11.5 Å². The van der Waals surface area contributed by atoms with Crippen LogP contribution >= 0.6 is 0 Å². The molecule has 0 aliphatic rings. The van der Waals surface area contributed by atoms with Crippen LogP contribution in [0.5, 0.6) is 11.5 Å². The van der Waals surface area contributed by atoms with Crippen molar-refractivity contribution in [2.75, 3.05) is 0 Å². The van der Waals surface area contributed by atoms with Crippen LogP contribution in [0.1, 0.15) is 10.4 Å². The highest BCUT2D eigenvalue weighted by atomic mass is 16.6. The minimum atomic E-state index is -1.09. The van der Waals surface area contributed by atoms with Gasteiger partial charge in [0.05, 0.1) is 15.4 Å². The van der Waals surface area contributed by atoms with Crippen LogP contribution in [0.15, 0.2) is 42.5 Å². The summed E-state index contributed by atoms with van der Waals surface area (Å²) in [5.41, 5.74) is -1.91. The van der Waals surface area contributed by atoms with Gasteiger partial charge in [-0.15, -0.1) is 0 Å². The van der Waals surface area contributed by atoms with Crippen molar-refractivity contribution in [3.63, 3.8) is 0 Å². The highest BCUT2D eigenvalue weighted by molar-refractivity contribution is 5.92. The van der Waals surface area contributed by atoms with E-state index in [9.17, 15) is 30.1 Å². The van der Waals surface area contributed by atoms with Crippen LogP contribution in [0.25, 0.3) is 0 Å². The number of esters is 1. The van der Waals surface area contributed by atoms with Crippen LogP contribution < -0.4 is 4.74 Å². The van der Waals surface area contributed by atoms with Gasteiger partial charge >= 0.3 is 17.3 Å². The van der Waals surface area contributed by atoms with Gasteiger partial charge in [-0.3, -0.25) is 20.2 Å². The summed E-state index contributed by atoms with van der Waals surface area (Å²) in [5.74, 6) is -2.60. The molecule has 2 aromatic rings. The molecule has 1 N–H and O–H groups in total. The number of rotatable bonds is 4. The molecule has 0 aliphatic carbocycles. The first-order valence-corrected chi connectivity index (χ1v) is 5.83. The van der Waals surface area contributed by atoms with E-state index in [0.29, 0.717) is 0 Å². The molecule has 22 heavy (non-hydrogen) atoms. The Morgan fingerprint density at radius 1 is 1.00 bits per heavy atom. The molecule has 0 bridgehead atoms. The Labute approximate surface area is 122 Å². The molecule has 0 amide bonds. The van der Waals surface area contributed by atoms with Gasteiger partial charge in [-0.25, -0.2) is 4.79 Å². The van der Waals surface area contributed by atoms with E-state index in [1.165, 1.54) is 24.3 Å². The third-order valence-corrected chi connectivity index (χ3v) is 2.67. The Morgan fingerprint density at radius 2 is 1.64 bits per heavy atom. The molecule has 0 saturated carbocycles. The third kappa shape index (κ3) is 2.82. The van der Waals surface area contributed by atoms with Gasteiger partial charge in [-0.05, 0) is 18.2 Å². The van der Waals surface area contributed by atoms with Gasteiger partial charge in [-0.2, -0.15) is 0 Å². The lowest BCUT2D eigenvalue weighted by molar-refractivity contribution is -0.423. The zero-order valence-electron chi connectivity index (χ0n) is 10.8. The van der Waals surface area contributed by atoms with Gasteiger partial charge in [0.1, 0.15) is 0 Å². The van der Waals surface area contributed by atoms with E-state index >= 15 is 0 Å². The molecule has 0 unspecified atom stereocenters. The fourth-order valence-electron chi connectivity index (χ4n) is 1.70. The van der Waals surface area contributed by atoms with Crippen molar-refractivity contribution in [3.05, 3.63) is 68.3 Å². The molecular weight excluding hydrogens is 296 g/mol. The van der Waals surface area contributed by atoms with Crippen molar-refractivity contribution < 1.29 is 24.5 Å². The third-order valence-electron chi connectivity index (χ3n) is 2.67. The van der Waals surface area contributed by atoms with Gasteiger partial charge in [0.2, 0.25) is 0 Å². The van der Waals surface area contributed by atoms with E-state index in [4.69, 9.17) is 4.74 Å². The average Bonchev–Trinajstić information content (AvgIpc) is 2.49. The number of carbonyl (C=O) groups excluding carboxylic acids is 1. The molecule has 9 nitrogen and oxygen atoms in total. The SMILES string of the molecule is O=C(Oc1c(O)ccc([N+](=O)[O-])c1[N+](=O)[O-])c1ccccc1. The van der Waals surface area contributed by atoms with E-state index < -0.39 is 38.7 Å². The summed E-state index contributed by atoms with van der Waals surface area (Å²) in [6, 6.07) is 9.11. The minimum Gasteiger partial charge on any atom is -0.504 e. The van der Waals surface area contributed by atoms with Gasteiger partial charge in [0.25, 0.3) is 5.75 Å². The second-order valence-corrected chi connectivity index (χ2v) is 4.05. The maximum absolute atomic E-state index is 11.9. The second kappa shape index (κ2) is 5.87. The number of phenols is 1. The van der Waals surface area contributed by atoms with Crippen molar-refractivity contribution in [1.82, 2.24) is 0 Å². The molecule has 0 aromatic heterocycles. The Bertz CT molecular complexity index is 758. The molecule has 0 radical (unpaired) electrons. The lowest BCUT2D eigenvalue weighted by atomic mass is 10.2. The normalized spacial score (nSPS) is 10.0. The summed E-state index contributed by atoms with van der Waals surface area (Å²) in [6.45, 7) is 0. The Balaban J connectivity index is 2.50. The van der Waals surface area contributed by atoms with Crippen LogP contribution in [0.3, 0.4) is 0 Å². The van der Waals surface area contributed by atoms with Crippen LogP contribution in [-0.4, -0.2) is 20.9 Å². The first-order chi connectivity index (χ1) is 10.4. The predicted octanol–water partition coefficient (Wildman–Crippen LogP) is 2.43. The molecule has 2 aromatic carbocycles. The number of benzene rings is 2. The number of nitrogens with zero attached hydrogens (tertiary/aromatic N) is 2. The summed E-state index contributed by atoms with van der Waals surface area (Å²) in [6.07, 6.45) is 0. The van der Waals surface area contributed by atoms with E-state index in [1.54, 1.807) is 6.07 Å². The van der Waals surface area contributed by atoms with E-state index in [-0.39, 0.29) is 5.56 Å². The highest BCUT2D eigenvalue weighted by Gasteiger charge is 2.34. The molecule has 9 heteroatoms. The number of aromatic hydroxyl groups is 1. The number of hydrogen-bond donors (Lipinski definition) is 1. The van der Waals surface area contributed by atoms with Crippen molar-refractivity contribution in [1.29, 1.82) is 0 Å². The zero-order chi connectivity index (χ0) is 16.3. The Kier molecular flexibility index (Phi) is 3.98. The Hall–Kier alpha value is -3.49. The minimum absolute atomic E-state index is 0.0719. The number of nitro benzene ring substituents is 2. The molecular formula is C13H8N2O7. The maximum atomic E-state index is 11.9. The number of hydrogen-bond acceptors (Lipinski definition) is 7. The number of nitro groups is 2. The van der Waals surface area contributed by atoms with Crippen LogP contribution in [-0.2, 0) is 0 Å². The average molecular weight is 304 g/mol. The zero-order valence-corrected chi connectivity index (χ0v) is 10.8. The number of phenolic OH excluding ortho intramolecular Hbond substituents is 1. The molecule has 2 rings (SSSR count). The summed E-state index contributed by atoms with van der Waals surface area (Å²) in [4.78, 5) is 31.6. The standard InChI is InChI=1S/C13H8N2O7/c16-10-7-6-9(14(18)19)11(15(20)21)12(10)22-13(17)8-4-2-1-3-5-8/h1-7,16H. The molecule has 0 heterocycles. The lowest BCUT2D eigenvalue weighted by Gasteiger charge is -2.07. The van der Waals surface area contributed by atoms with Crippen molar-refractivity contribution in [2.45, 2.75) is 0 Å². The van der Waals surface area contributed by atoms with Gasteiger partial charge in [-0.1, -0.05) is 18.2 Å².